The summed E-state index contributed by atoms with van der Waals surface area (Å²) in [6.07, 6.45) is -0.256. The second-order valence-corrected chi connectivity index (χ2v) is 7.32. The van der Waals surface area contributed by atoms with Crippen molar-refractivity contribution < 1.29 is 9.53 Å². The molecule has 1 unspecified atom stereocenters. The van der Waals surface area contributed by atoms with Gasteiger partial charge in [0.05, 0.1) is 11.1 Å². The van der Waals surface area contributed by atoms with Crippen molar-refractivity contribution in [1.82, 2.24) is 10.2 Å². The molecule has 1 aliphatic rings. The number of hydrogen-bond donors (Lipinski definition) is 1. The van der Waals surface area contributed by atoms with Crippen LogP contribution in [0.15, 0.2) is 5.38 Å². The van der Waals surface area contributed by atoms with E-state index >= 15 is 0 Å². The Hall–Kier alpha value is -0.780. The lowest BCUT2D eigenvalue weighted by Gasteiger charge is -2.34. The van der Waals surface area contributed by atoms with Gasteiger partial charge in [0, 0.05) is 24.5 Å². The Balaban J connectivity index is 2.05. The summed E-state index contributed by atoms with van der Waals surface area (Å²) >= 11 is 7.95. The number of nitrogens with zero attached hydrogens (tertiary/aromatic N) is 1. The van der Waals surface area contributed by atoms with Crippen molar-refractivity contribution in [1.29, 1.82) is 0 Å². The highest BCUT2D eigenvalue weighted by Crippen LogP contribution is 2.33. The SMILES string of the molecule is Cc1csc(C2CN(C(=O)OC(C)(C)C)CCN2)c1Cl. The van der Waals surface area contributed by atoms with E-state index in [0.717, 1.165) is 22.0 Å². The lowest BCUT2D eigenvalue weighted by atomic mass is 10.1. The van der Waals surface area contributed by atoms with E-state index in [9.17, 15) is 4.79 Å². The zero-order valence-electron chi connectivity index (χ0n) is 12.3. The lowest BCUT2D eigenvalue weighted by molar-refractivity contribution is 0.0196. The molecule has 1 amide bonds. The van der Waals surface area contributed by atoms with Gasteiger partial charge in [-0.2, -0.15) is 0 Å². The number of rotatable bonds is 1. The van der Waals surface area contributed by atoms with E-state index in [2.05, 4.69) is 5.32 Å². The molecule has 0 saturated carbocycles. The first-order valence-corrected chi connectivity index (χ1v) is 7.98. The van der Waals surface area contributed by atoms with E-state index in [1.807, 2.05) is 33.1 Å². The number of amides is 1. The molecule has 0 spiro atoms. The van der Waals surface area contributed by atoms with Crippen molar-refractivity contribution in [2.75, 3.05) is 19.6 Å². The number of ether oxygens (including phenoxy) is 1. The summed E-state index contributed by atoms with van der Waals surface area (Å²) in [4.78, 5) is 15.0. The molecule has 112 valence electrons. The van der Waals surface area contributed by atoms with Gasteiger partial charge in [0.2, 0.25) is 0 Å². The Labute approximate surface area is 129 Å². The molecule has 4 nitrogen and oxygen atoms in total. The molecule has 1 fully saturated rings. The van der Waals surface area contributed by atoms with E-state index in [1.54, 1.807) is 16.2 Å². The normalized spacial score (nSPS) is 20.1. The van der Waals surface area contributed by atoms with Crippen LogP contribution in [0.3, 0.4) is 0 Å². The van der Waals surface area contributed by atoms with Gasteiger partial charge < -0.3 is 15.0 Å². The molecule has 0 radical (unpaired) electrons. The summed E-state index contributed by atoms with van der Waals surface area (Å²) in [5.41, 5.74) is 0.622. The molecule has 1 aliphatic heterocycles. The molecule has 1 atom stereocenters. The first kappa shape index (κ1) is 15.6. The monoisotopic (exact) mass is 316 g/mol. The van der Waals surface area contributed by atoms with E-state index in [4.69, 9.17) is 16.3 Å². The summed E-state index contributed by atoms with van der Waals surface area (Å²) in [5, 5.41) is 6.27. The molecule has 2 heterocycles. The van der Waals surface area contributed by atoms with Gasteiger partial charge >= 0.3 is 6.09 Å². The molecule has 0 aliphatic carbocycles. The minimum Gasteiger partial charge on any atom is -0.444 e. The maximum Gasteiger partial charge on any atom is 0.410 e. The number of nitrogens with one attached hydrogen (secondary N) is 1. The molecular weight excluding hydrogens is 296 g/mol. The molecule has 0 aromatic carbocycles. The van der Waals surface area contributed by atoms with Crippen molar-refractivity contribution >= 4 is 29.0 Å². The number of halogens is 1. The van der Waals surface area contributed by atoms with Crippen LogP contribution in [0.4, 0.5) is 4.79 Å². The Morgan fingerprint density at radius 1 is 1.55 bits per heavy atom. The molecule has 1 saturated heterocycles. The minimum absolute atomic E-state index is 0.0856. The fourth-order valence-electron chi connectivity index (χ4n) is 2.10. The van der Waals surface area contributed by atoms with Crippen LogP contribution in [0.5, 0.6) is 0 Å². The third kappa shape index (κ3) is 3.65. The van der Waals surface area contributed by atoms with Crippen LogP contribution in [0, 0.1) is 6.92 Å². The van der Waals surface area contributed by atoms with E-state index in [1.165, 1.54) is 0 Å². The first-order valence-electron chi connectivity index (χ1n) is 6.73. The summed E-state index contributed by atoms with van der Waals surface area (Å²) in [6, 6.07) is 0.0856. The van der Waals surface area contributed by atoms with E-state index in [-0.39, 0.29) is 12.1 Å². The molecule has 0 bridgehead atoms. The quantitative estimate of drug-likeness (QED) is 0.861. The maximum absolute atomic E-state index is 12.1. The average molecular weight is 317 g/mol. The number of aryl methyl sites for hydroxylation is 1. The predicted molar refractivity (Wildman–Crippen MR) is 82.6 cm³/mol. The van der Waals surface area contributed by atoms with Gasteiger partial charge in [0.1, 0.15) is 5.60 Å². The summed E-state index contributed by atoms with van der Waals surface area (Å²) in [5.74, 6) is 0. The van der Waals surface area contributed by atoms with E-state index in [0.29, 0.717) is 13.1 Å². The van der Waals surface area contributed by atoms with Gasteiger partial charge in [0.15, 0.2) is 0 Å². The van der Waals surface area contributed by atoms with Gasteiger partial charge in [0.25, 0.3) is 0 Å². The zero-order valence-corrected chi connectivity index (χ0v) is 13.9. The smallest absolute Gasteiger partial charge is 0.410 e. The highest BCUT2D eigenvalue weighted by molar-refractivity contribution is 7.10. The van der Waals surface area contributed by atoms with Crippen molar-refractivity contribution in [2.45, 2.75) is 39.3 Å². The standard InChI is InChI=1S/C14H21ClN2O2S/c1-9-8-20-12(11(9)15)10-7-17(6-5-16-10)13(18)19-14(2,3)4/h8,10,16H,5-7H2,1-4H3. The Bertz CT molecular complexity index is 496. The molecule has 1 aromatic rings. The van der Waals surface area contributed by atoms with Gasteiger partial charge in [-0.05, 0) is 38.6 Å². The van der Waals surface area contributed by atoms with Gasteiger partial charge in [-0.1, -0.05) is 11.6 Å². The van der Waals surface area contributed by atoms with Crippen LogP contribution >= 0.6 is 22.9 Å². The zero-order chi connectivity index (χ0) is 14.9. The number of thiophene rings is 1. The number of carbonyl (C=O) groups is 1. The van der Waals surface area contributed by atoms with Crippen LogP contribution in [0.2, 0.25) is 5.02 Å². The third-order valence-electron chi connectivity index (χ3n) is 3.07. The van der Waals surface area contributed by atoms with Crippen molar-refractivity contribution in [3.8, 4) is 0 Å². The highest BCUT2D eigenvalue weighted by atomic mass is 35.5. The maximum atomic E-state index is 12.1. The Morgan fingerprint density at radius 2 is 2.25 bits per heavy atom. The number of carbonyl (C=O) groups excluding carboxylic acids is 1. The number of piperazine rings is 1. The first-order chi connectivity index (χ1) is 9.28. The van der Waals surface area contributed by atoms with Crippen LogP contribution in [-0.4, -0.2) is 36.2 Å². The van der Waals surface area contributed by atoms with Crippen LogP contribution in [-0.2, 0) is 4.74 Å². The van der Waals surface area contributed by atoms with Crippen LogP contribution in [0.25, 0.3) is 0 Å². The highest BCUT2D eigenvalue weighted by Gasteiger charge is 2.29. The third-order valence-corrected chi connectivity index (χ3v) is 4.90. The summed E-state index contributed by atoms with van der Waals surface area (Å²) < 4.78 is 5.43. The van der Waals surface area contributed by atoms with E-state index < -0.39 is 5.60 Å². The van der Waals surface area contributed by atoms with Crippen molar-refractivity contribution in [2.24, 2.45) is 0 Å². The largest absolute Gasteiger partial charge is 0.444 e. The second-order valence-electron chi connectivity index (χ2n) is 6.03. The van der Waals surface area contributed by atoms with Crippen LogP contribution in [0.1, 0.15) is 37.3 Å². The molecule has 1 N–H and O–H groups in total. The fourth-order valence-corrected chi connectivity index (χ4v) is 3.50. The fraction of sp³-hybridized carbons (Fsp3) is 0.643. The van der Waals surface area contributed by atoms with Gasteiger partial charge in [-0.3, -0.25) is 0 Å². The average Bonchev–Trinajstić information content (AvgIpc) is 2.68. The summed E-state index contributed by atoms with van der Waals surface area (Å²) in [6.45, 7) is 9.63. The Morgan fingerprint density at radius 3 is 2.80 bits per heavy atom. The molecule has 2 rings (SSSR count). The summed E-state index contributed by atoms with van der Waals surface area (Å²) in [7, 11) is 0. The molecule has 1 aromatic heterocycles. The molecule has 20 heavy (non-hydrogen) atoms. The molecular formula is C14H21ClN2O2S. The van der Waals surface area contributed by atoms with Gasteiger partial charge in [-0.25, -0.2) is 4.79 Å². The second kappa shape index (κ2) is 5.92. The molecule has 6 heteroatoms. The van der Waals surface area contributed by atoms with Crippen LogP contribution < -0.4 is 5.32 Å². The minimum atomic E-state index is -0.464. The number of hydrogen-bond acceptors (Lipinski definition) is 4. The van der Waals surface area contributed by atoms with Crippen molar-refractivity contribution in [3.05, 3.63) is 20.8 Å². The lowest BCUT2D eigenvalue weighted by Crippen LogP contribution is -2.49. The topological polar surface area (TPSA) is 41.6 Å². The van der Waals surface area contributed by atoms with Crippen molar-refractivity contribution in [3.63, 3.8) is 0 Å². The Kier molecular flexibility index (Phi) is 4.62. The predicted octanol–water partition coefficient (Wildman–Crippen LogP) is 3.59. The van der Waals surface area contributed by atoms with Gasteiger partial charge in [-0.15, -0.1) is 11.3 Å².